The van der Waals surface area contributed by atoms with Crippen LogP contribution >= 0.6 is 0 Å². The van der Waals surface area contributed by atoms with Gasteiger partial charge < -0.3 is 14.8 Å². The standard InChI is InChI=1S/C15H22BFO3/c1-10-3-4-15(5-11(10)2)20-9-12-6-13(16(18)19)8-14(17)7-12/h6-8,10-11,15,18-19H,3-5,9H2,1-2H3. The first-order valence-electron chi connectivity index (χ1n) is 7.23. The zero-order chi connectivity index (χ0) is 14.7. The summed E-state index contributed by atoms with van der Waals surface area (Å²) in [6, 6.07) is 4.07. The fourth-order valence-electron chi connectivity index (χ4n) is 2.77. The van der Waals surface area contributed by atoms with E-state index in [2.05, 4.69) is 13.8 Å². The van der Waals surface area contributed by atoms with Crippen molar-refractivity contribution in [1.29, 1.82) is 0 Å². The van der Waals surface area contributed by atoms with Gasteiger partial charge in [-0.2, -0.15) is 0 Å². The van der Waals surface area contributed by atoms with E-state index in [1.165, 1.54) is 6.07 Å². The van der Waals surface area contributed by atoms with Crippen LogP contribution in [-0.4, -0.2) is 23.3 Å². The number of rotatable bonds is 4. The zero-order valence-electron chi connectivity index (χ0n) is 12.1. The van der Waals surface area contributed by atoms with Crippen molar-refractivity contribution in [3.05, 3.63) is 29.6 Å². The maximum atomic E-state index is 13.4. The molecule has 1 aromatic rings. The van der Waals surface area contributed by atoms with Crippen LogP contribution in [0.4, 0.5) is 4.39 Å². The highest BCUT2D eigenvalue weighted by atomic mass is 19.1. The van der Waals surface area contributed by atoms with Crippen LogP contribution < -0.4 is 5.46 Å². The maximum Gasteiger partial charge on any atom is 0.488 e. The molecule has 1 aromatic carbocycles. The summed E-state index contributed by atoms with van der Waals surface area (Å²) in [6.45, 7) is 4.81. The molecule has 0 saturated heterocycles. The first-order valence-corrected chi connectivity index (χ1v) is 7.23. The average molecular weight is 280 g/mol. The molecule has 3 atom stereocenters. The molecule has 0 heterocycles. The van der Waals surface area contributed by atoms with E-state index in [1.54, 1.807) is 6.07 Å². The minimum atomic E-state index is -1.65. The molecule has 1 aliphatic rings. The predicted octanol–water partition coefficient (Wildman–Crippen LogP) is 1.85. The predicted molar refractivity (Wildman–Crippen MR) is 77.0 cm³/mol. The molecule has 2 rings (SSSR count). The largest absolute Gasteiger partial charge is 0.488 e. The molecule has 0 aromatic heterocycles. The number of benzene rings is 1. The lowest BCUT2D eigenvalue weighted by molar-refractivity contribution is -0.00751. The lowest BCUT2D eigenvalue weighted by Crippen LogP contribution is -2.31. The number of hydrogen-bond acceptors (Lipinski definition) is 3. The van der Waals surface area contributed by atoms with E-state index in [0.29, 0.717) is 18.1 Å². The van der Waals surface area contributed by atoms with Crippen molar-refractivity contribution in [2.24, 2.45) is 11.8 Å². The Balaban J connectivity index is 1.94. The maximum absolute atomic E-state index is 13.4. The van der Waals surface area contributed by atoms with E-state index in [1.807, 2.05) is 0 Å². The van der Waals surface area contributed by atoms with Crippen molar-refractivity contribution in [3.63, 3.8) is 0 Å². The van der Waals surface area contributed by atoms with Crippen molar-refractivity contribution >= 4 is 12.6 Å². The molecule has 2 N–H and O–H groups in total. The van der Waals surface area contributed by atoms with Crippen molar-refractivity contribution in [2.75, 3.05) is 0 Å². The van der Waals surface area contributed by atoms with Gasteiger partial charge in [0.1, 0.15) is 5.82 Å². The van der Waals surface area contributed by atoms with Gasteiger partial charge in [0.2, 0.25) is 0 Å². The quantitative estimate of drug-likeness (QED) is 0.827. The highest BCUT2D eigenvalue weighted by Crippen LogP contribution is 2.31. The number of ether oxygens (including phenoxy) is 1. The molecule has 3 nitrogen and oxygen atoms in total. The molecular formula is C15H22BFO3. The van der Waals surface area contributed by atoms with Gasteiger partial charge in [-0.25, -0.2) is 4.39 Å². The molecule has 0 aliphatic heterocycles. The van der Waals surface area contributed by atoms with Crippen LogP contribution in [0, 0.1) is 17.7 Å². The normalized spacial score (nSPS) is 26.6. The second kappa shape index (κ2) is 6.70. The van der Waals surface area contributed by atoms with E-state index in [0.717, 1.165) is 31.2 Å². The van der Waals surface area contributed by atoms with Gasteiger partial charge in [0.25, 0.3) is 0 Å². The molecule has 1 aliphatic carbocycles. The minimum absolute atomic E-state index is 0.161. The molecule has 0 radical (unpaired) electrons. The summed E-state index contributed by atoms with van der Waals surface area (Å²) >= 11 is 0. The van der Waals surface area contributed by atoms with E-state index in [-0.39, 0.29) is 11.6 Å². The van der Waals surface area contributed by atoms with Crippen LogP contribution in [0.5, 0.6) is 0 Å². The fourth-order valence-corrected chi connectivity index (χ4v) is 2.77. The van der Waals surface area contributed by atoms with Crippen LogP contribution in [0.1, 0.15) is 38.7 Å². The van der Waals surface area contributed by atoms with Gasteiger partial charge in [-0.15, -0.1) is 0 Å². The van der Waals surface area contributed by atoms with E-state index >= 15 is 0 Å². The van der Waals surface area contributed by atoms with Crippen LogP contribution in [0.25, 0.3) is 0 Å². The summed E-state index contributed by atoms with van der Waals surface area (Å²) in [6.07, 6.45) is 3.45. The first-order chi connectivity index (χ1) is 9.45. The smallest absolute Gasteiger partial charge is 0.423 e. The fraction of sp³-hybridized carbons (Fsp3) is 0.600. The minimum Gasteiger partial charge on any atom is -0.423 e. The molecule has 1 fully saturated rings. The lowest BCUT2D eigenvalue weighted by Gasteiger charge is -2.32. The Morgan fingerprint density at radius 3 is 2.60 bits per heavy atom. The van der Waals surface area contributed by atoms with Gasteiger partial charge >= 0.3 is 7.12 Å². The Morgan fingerprint density at radius 2 is 1.95 bits per heavy atom. The van der Waals surface area contributed by atoms with Crippen molar-refractivity contribution < 1.29 is 19.2 Å². The highest BCUT2D eigenvalue weighted by molar-refractivity contribution is 6.58. The number of halogens is 1. The van der Waals surface area contributed by atoms with Crippen molar-refractivity contribution in [1.82, 2.24) is 0 Å². The zero-order valence-corrected chi connectivity index (χ0v) is 12.1. The molecule has 3 unspecified atom stereocenters. The Kier molecular flexibility index (Phi) is 5.19. The third-order valence-corrected chi connectivity index (χ3v) is 4.31. The van der Waals surface area contributed by atoms with Crippen molar-refractivity contribution in [3.8, 4) is 0 Å². The SMILES string of the molecule is CC1CCC(OCc2cc(F)cc(B(O)O)c2)CC1C. The van der Waals surface area contributed by atoms with Gasteiger partial charge in [-0.1, -0.05) is 19.9 Å². The summed E-state index contributed by atoms with van der Waals surface area (Å²) in [4.78, 5) is 0. The van der Waals surface area contributed by atoms with Gasteiger partial charge in [-0.05, 0) is 54.3 Å². The second-order valence-corrected chi connectivity index (χ2v) is 5.97. The lowest BCUT2D eigenvalue weighted by atomic mass is 9.79. The van der Waals surface area contributed by atoms with Gasteiger partial charge in [0.15, 0.2) is 0 Å². The summed E-state index contributed by atoms with van der Waals surface area (Å²) in [5.41, 5.74) is 0.800. The van der Waals surface area contributed by atoms with Crippen LogP contribution in [0.3, 0.4) is 0 Å². The van der Waals surface area contributed by atoms with E-state index in [4.69, 9.17) is 14.8 Å². The molecule has 110 valence electrons. The third kappa shape index (κ3) is 4.04. The molecular weight excluding hydrogens is 258 g/mol. The summed E-state index contributed by atoms with van der Waals surface area (Å²) < 4.78 is 19.2. The second-order valence-electron chi connectivity index (χ2n) is 5.97. The van der Waals surface area contributed by atoms with Gasteiger partial charge in [-0.3, -0.25) is 0 Å². The number of hydrogen-bond donors (Lipinski definition) is 2. The van der Waals surface area contributed by atoms with Crippen molar-refractivity contribution in [2.45, 2.75) is 45.8 Å². The molecule has 20 heavy (non-hydrogen) atoms. The Morgan fingerprint density at radius 1 is 1.20 bits per heavy atom. The highest BCUT2D eigenvalue weighted by Gasteiger charge is 2.25. The van der Waals surface area contributed by atoms with Gasteiger partial charge in [0, 0.05) is 0 Å². The van der Waals surface area contributed by atoms with Crippen LogP contribution in [0.2, 0.25) is 0 Å². The third-order valence-electron chi connectivity index (χ3n) is 4.31. The van der Waals surface area contributed by atoms with Gasteiger partial charge in [0.05, 0.1) is 12.7 Å². The molecule has 1 saturated carbocycles. The van der Waals surface area contributed by atoms with Crippen LogP contribution in [-0.2, 0) is 11.3 Å². The summed E-state index contributed by atoms with van der Waals surface area (Å²) in [5.74, 6) is 0.913. The van der Waals surface area contributed by atoms with E-state index < -0.39 is 12.9 Å². The van der Waals surface area contributed by atoms with E-state index in [9.17, 15) is 4.39 Å². The molecule has 0 amide bonds. The molecule has 0 spiro atoms. The molecule has 0 bridgehead atoms. The molecule has 5 heteroatoms. The Labute approximate surface area is 119 Å². The summed E-state index contributed by atoms with van der Waals surface area (Å²) in [7, 11) is -1.65. The average Bonchev–Trinajstić information content (AvgIpc) is 2.39. The Bertz CT molecular complexity index is 453. The monoisotopic (exact) mass is 280 g/mol. The topological polar surface area (TPSA) is 49.7 Å². The Hall–Kier alpha value is -0.905. The van der Waals surface area contributed by atoms with Crippen LogP contribution in [0.15, 0.2) is 18.2 Å². The summed E-state index contributed by atoms with van der Waals surface area (Å²) in [5, 5.41) is 18.2. The first kappa shape index (κ1) is 15.5.